The Labute approximate surface area is 211 Å². The molecule has 0 aliphatic carbocycles. The quantitative estimate of drug-likeness (QED) is 0.322. The standard InChI is InChI=1S/C30H29N5O/c1-18-13-20(3)28-25(14-18)26(15-27(32-28)23-11-8-12-31-16-23)30(36)33-29-21(4)34-35(22(29)5)17-24-10-7-6-9-19(24)2/h6-16H,17H2,1-5H3,(H,33,36). The first-order valence-electron chi connectivity index (χ1n) is 12.0. The molecule has 3 heterocycles. The highest BCUT2D eigenvalue weighted by Crippen LogP contribution is 2.29. The van der Waals surface area contributed by atoms with Crippen LogP contribution in [0.15, 0.2) is 67.0 Å². The van der Waals surface area contributed by atoms with Crippen LogP contribution in [0.4, 0.5) is 5.69 Å². The van der Waals surface area contributed by atoms with E-state index in [9.17, 15) is 4.79 Å². The Bertz CT molecular complexity index is 1600. The number of anilines is 1. The van der Waals surface area contributed by atoms with Crippen LogP contribution in [0.5, 0.6) is 0 Å². The van der Waals surface area contributed by atoms with E-state index in [1.54, 1.807) is 12.4 Å². The molecule has 6 heteroatoms. The van der Waals surface area contributed by atoms with Gasteiger partial charge in [-0.15, -0.1) is 0 Å². The fourth-order valence-corrected chi connectivity index (χ4v) is 4.69. The Kier molecular flexibility index (Phi) is 6.10. The molecule has 0 radical (unpaired) electrons. The molecule has 0 bridgehead atoms. The maximum atomic E-state index is 13.8. The van der Waals surface area contributed by atoms with Crippen molar-refractivity contribution in [2.75, 3.05) is 5.32 Å². The van der Waals surface area contributed by atoms with Crippen LogP contribution in [0.25, 0.3) is 22.2 Å². The fraction of sp³-hybridized carbons (Fsp3) is 0.200. The number of aromatic nitrogens is 4. The first-order valence-corrected chi connectivity index (χ1v) is 12.0. The van der Waals surface area contributed by atoms with Crippen molar-refractivity contribution in [3.63, 3.8) is 0 Å². The number of benzene rings is 2. The molecule has 0 spiro atoms. The maximum Gasteiger partial charge on any atom is 0.256 e. The summed E-state index contributed by atoms with van der Waals surface area (Å²) in [5, 5.41) is 8.72. The molecule has 36 heavy (non-hydrogen) atoms. The van der Waals surface area contributed by atoms with Gasteiger partial charge < -0.3 is 5.32 Å². The molecule has 0 aliphatic rings. The summed E-state index contributed by atoms with van der Waals surface area (Å²) >= 11 is 0. The van der Waals surface area contributed by atoms with Gasteiger partial charge in [0.1, 0.15) is 0 Å². The van der Waals surface area contributed by atoms with E-state index >= 15 is 0 Å². The van der Waals surface area contributed by atoms with Crippen molar-refractivity contribution in [1.29, 1.82) is 0 Å². The van der Waals surface area contributed by atoms with E-state index in [1.165, 1.54) is 11.1 Å². The third kappa shape index (κ3) is 4.38. The highest BCUT2D eigenvalue weighted by Gasteiger charge is 2.20. The summed E-state index contributed by atoms with van der Waals surface area (Å²) in [5.41, 5.74) is 9.96. The molecule has 1 N–H and O–H groups in total. The third-order valence-corrected chi connectivity index (χ3v) is 6.65. The number of carbonyl (C=O) groups is 1. The van der Waals surface area contributed by atoms with E-state index in [0.29, 0.717) is 12.1 Å². The van der Waals surface area contributed by atoms with Crippen LogP contribution >= 0.6 is 0 Å². The summed E-state index contributed by atoms with van der Waals surface area (Å²) < 4.78 is 1.95. The van der Waals surface area contributed by atoms with Gasteiger partial charge in [0, 0.05) is 23.3 Å². The highest BCUT2D eigenvalue weighted by atomic mass is 16.1. The molecule has 0 saturated heterocycles. The van der Waals surface area contributed by atoms with Gasteiger partial charge in [-0.25, -0.2) is 4.98 Å². The van der Waals surface area contributed by atoms with E-state index in [-0.39, 0.29) is 5.91 Å². The van der Waals surface area contributed by atoms with E-state index in [2.05, 4.69) is 35.4 Å². The number of carbonyl (C=O) groups excluding carboxylic acids is 1. The minimum absolute atomic E-state index is 0.181. The monoisotopic (exact) mass is 475 g/mol. The molecular formula is C30H29N5O. The van der Waals surface area contributed by atoms with Crippen LogP contribution in [-0.4, -0.2) is 25.7 Å². The predicted octanol–water partition coefficient (Wildman–Crippen LogP) is 6.34. The summed E-state index contributed by atoms with van der Waals surface area (Å²) in [6, 6.07) is 18.1. The molecule has 1 amide bonds. The lowest BCUT2D eigenvalue weighted by Gasteiger charge is -2.13. The van der Waals surface area contributed by atoms with E-state index < -0.39 is 0 Å². The summed E-state index contributed by atoms with van der Waals surface area (Å²) in [6.07, 6.45) is 3.50. The van der Waals surface area contributed by atoms with Gasteiger partial charge in [0.25, 0.3) is 5.91 Å². The van der Waals surface area contributed by atoms with Gasteiger partial charge in [-0.3, -0.25) is 14.5 Å². The van der Waals surface area contributed by atoms with Crippen LogP contribution in [0.2, 0.25) is 0 Å². The molecule has 0 unspecified atom stereocenters. The number of rotatable bonds is 5. The van der Waals surface area contributed by atoms with Gasteiger partial charge in [0.2, 0.25) is 0 Å². The summed E-state index contributed by atoms with van der Waals surface area (Å²) in [4.78, 5) is 22.9. The average Bonchev–Trinajstić information content (AvgIpc) is 3.12. The number of aryl methyl sites for hydroxylation is 4. The number of amides is 1. The van der Waals surface area contributed by atoms with Crippen LogP contribution in [0.3, 0.4) is 0 Å². The zero-order chi connectivity index (χ0) is 25.4. The van der Waals surface area contributed by atoms with E-state index in [4.69, 9.17) is 10.1 Å². The molecular weight excluding hydrogens is 446 g/mol. The second-order valence-electron chi connectivity index (χ2n) is 9.36. The van der Waals surface area contributed by atoms with E-state index in [1.807, 2.05) is 68.8 Å². The largest absolute Gasteiger partial charge is 0.319 e. The molecule has 6 nitrogen and oxygen atoms in total. The lowest BCUT2D eigenvalue weighted by atomic mass is 9.99. The van der Waals surface area contributed by atoms with Crippen LogP contribution in [0.1, 0.15) is 44.0 Å². The molecule has 2 aromatic carbocycles. The Morgan fingerprint density at radius 2 is 1.75 bits per heavy atom. The Hall–Kier alpha value is -4.32. The second kappa shape index (κ2) is 9.38. The van der Waals surface area contributed by atoms with E-state index in [0.717, 1.165) is 50.4 Å². The third-order valence-electron chi connectivity index (χ3n) is 6.65. The van der Waals surface area contributed by atoms with Crippen LogP contribution in [0, 0.1) is 34.6 Å². The first kappa shape index (κ1) is 23.4. The normalized spacial score (nSPS) is 11.1. The Morgan fingerprint density at radius 1 is 0.944 bits per heavy atom. The minimum Gasteiger partial charge on any atom is -0.319 e. The van der Waals surface area contributed by atoms with Crippen LogP contribution in [-0.2, 0) is 6.54 Å². The van der Waals surface area contributed by atoms with Gasteiger partial charge in [0.05, 0.1) is 40.4 Å². The lowest BCUT2D eigenvalue weighted by Crippen LogP contribution is -2.15. The van der Waals surface area contributed by atoms with Gasteiger partial charge in [-0.2, -0.15) is 5.10 Å². The smallest absolute Gasteiger partial charge is 0.256 e. The molecule has 0 aliphatic heterocycles. The van der Waals surface area contributed by atoms with Crippen molar-refractivity contribution in [2.24, 2.45) is 0 Å². The fourth-order valence-electron chi connectivity index (χ4n) is 4.69. The van der Waals surface area contributed by atoms with Crippen molar-refractivity contribution in [3.8, 4) is 11.3 Å². The lowest BCUT2D eigenvalue weighted by molar-refractivity contribution is 0.102. The predicted molar refractivity (Wildman–Crippen MR) is 144 cm³/mol. The number of hydrogen-bond acceptors (Lipinski definition) is 4. The zero-order valence-electron chi connectivity index (χ0n) is 21.3. The maximum absolute atomic E-state index is 13.8. The van der Waals surface area contributed by atoms with Gasteiger partial charge in [-0.1, -0.05) is 35.9 Å². The van der Waals surface area contributed by atoms with Crippen molar-refractivity contribution in [3.05, 3.63) is 106 Å². The molecule has 5 aromatic rings. The number of pyridine rings is 2. The van der Waals surface area contributed by atoms with Gasteiger partial charge in [-0.05, 0) is 75.6 Å². The minimum atomic E-state index is -0.181. The number of nitrogens with zero attached hydrogens (tertiary/aromatic N) is 4. The van der Waals surface area contributed by atoms with Gasteiger partial charge >= 0.3 is 0 Å². The van der Waals surface area contributed by atoms with Crippen LogP contribution < -0.4 is 5.32 Å². The number of hydrogen-bond donors (Lipinski definition) is 1. The molecule has 3 aromatic heterocycles. The van der Waals surface area contributed by atoms with Crippen molar-refractivity contribution >= 4 is 22.5 Å². The van der Waals surface area contributed by atoms with Crippen molar-refractivity contribution < 1.29 is 4.79 Å². The second-order valence-corrected chi connectivity index (χ2v) is 9.36. The Morgan fingerprint density at radius 3 is 2.50 bits per heavy atom. The van der Waals surface area contributed by atoms with Crippen molar-refractivity contribution in [1.82, 2.24) is 19.7 Å². The van der Waals surface area contributed by atoms with Gasteiger partial charge in [0.15, 0.2) is 0 Å². The van der Waals surface area contributed by atoms with Crippen molar-refractivity contribution in [2.45, 2.75) is 41.2 Å². The molecule has 0 atom stereocenters. The summed E-state index contributed by atoms with van der Waals surface area (Å²) in [6.45, 7) is 10.7. The summed E-state index contributed by atoms with van der Waals surface area (Å²) in [7, 11) is 0. The molecule has 0 saturated carbocycles. The SMILES string of the molecule is Cc1cc(C)c2nc(-c3cccnc3)cc(C(=O)Nc3c(C)nn(Cc4ccccc4C)c3C)c2c1. The Balaban J connectivity index is 1.56. The number of nitrogens with one attached hydrogen (secondary N) is 1. The topological polar surface area (TPSA) is 72.7 Å². The molecule has 0 fully saturated rings. The molecule has 180 valence electrons. The highest BCUT2D eigenvalue weighted by molar-refractivity contribution is 6.14. The molecule has 5 rings (SSSR count). The number of fused-ring (bicyclic) bond motifs is 1. The first-order chi connectivity index (χ1) is 17.3. The zero-order valence-corrected chi connectivity index (χ0v) is 21.3. The average molecular weight is 476 g/mol. The summed E-state index contributed by atoms with van der Waals surface area (Å²) in [5.74, 6) is -0.181.